The summed E-state index contributed by atoms with van der Waals surface area (Å²) < 4.78 is 12.0. The van der Waals surface area contributed by atoms with E-state index in [-0.39, 0.29) is 5.91 Å². The maximum absolute atomic E-state index is 12.2. The Balaban J connectivity index is 2.10. The highest BCUT2D eigenvalue weighted by atomic mass is 79.9. The van der Waals surface area contributed by atoms with E-state index in [1.54, 1.807) is 14.0 Å². The summed E-state index contributed by atoms with van der Waals surface area (Å²) in [7, 11) is 1.56. The summed E-state index contributed by atoms with van der Waals surface area (Å²) in [6, 6.07) is 4.06. The molecule has 0 saturated heterocycles. The average Bonchev–Trinajstić information content (AvgIpc) is 2.91. The van der Waals surface area contributed by atoms with Crippen molar-refractivity contribution < 1.29 is 14.3 Å². The van der Waals surface area contributed by atoms with Gasteiger partial charge in [-0.1, -0.05) is 22.9 Å². The molecule has 0 fully saturated rings. The highest BCUT2D eigenvalue weighted by Crippen LogP contribution is 2.33. The van der Waals surface area contributed by atoms with Gasteiger partial charge in [0.1, 0.15) is 11.4 Å². The van der Waals surface area contributed by atoms with Crippen molar-refractivity contribution in [1.82, 2.24) is 5.32 Å². The van der Waals surface area contributed by atoms with Gasteiger partial charge in [0, 0.05) is 30.1 Å². The summed E-state index contributed by atoms with van der Waals surface area (Å²) in [5.74, 6) is 0.804. The molecule has 0 radical (unpaired) electrons. The maximum atomic E-state index is 12.2. The molecule has 1 aromatic rings. The Morgan fingerprint density at radius 3 is 2.95 bits per heavy atom. The topological polar surface area (TPSA) is 47.6 Å². The number of carbonyl (C=O) groups is 1. The third-order valence-corrected chi connectivity index (χ3v) is 4.33. The van der Waals surface area contributed by atoms with Gasteiger partial charge in [0.25, 0.3) is 5.91 Å². The first-order valence-electron chi connectivity index (χ1n) is 6.77. The molecule has 4 nitrogen and oxygen atoms in total. The minimum Gasteiger partial charge on any atom is -0.493 e. The van der Waals surface area contributed by atoms with Crippen molar-refractivity contribution in [2.24, 2.45) is 0 Å². The van der Waals surface area contributed by atoms with Gasteiger partial charge in [-0.3, -0.25) is 4.79 Å². The lowest BCUT2D eigenvalue weighted by Crippen LogP contribution is -2.45. The van der Waals surface area contributed by atoms with Gasteiger partial charge in [-0.15, -0.1) is 0 Å². The Labute approximate surface area is 128 Å². The van der Waals surface area contributed by atoms with Crippen LogP contribution >= 0.6 is 15.9 Å². The molecule has 1 amide bonds. The Bertz CT molecular complexity index is 512. The monoisotopic (exact) mass is 341 g/mol. The van der Waals surface area contributed by atoms with Gasteiger partial charge >= 0.3 is 0 Å². The normalized spacial score (nSPS) is 16.2. The van der Waals surface area contributed by atoms with Gasteiger partial charge in [0.2, 0.25) is 0 Å². The van der Waals surface area contributed by atoms with E-state index in [0.29, 0.717) is 19.6 Å². The van der Waals surface area contributed by atoms with Crippen LogP contribution in [0.25, 0.3) is 0 Å². The van der Waals surface area contributed by atoms with Gasteiger partial charge < -0.3 is 14.8 Å². The summed E-state index contributed by atoms with van der Waals surface area (Å²) in [6.45, 7) is 4.88. The molecule has 2 rings (SSSR count). The predicted octanol–water partition coefficient (Wildman–Crippen LogP) is 2.82. The second-order valence-electron chi connectivity index (χ2n) is 5.12. The summed E-state index contributed by atoms with van der Waals surface area (Å²) in [5, 5.41) is 2.93. The molecule has 0 spiro atoms. The lowest BCUT2D eigenvalue weighted by Gasteiger charge is -2.25. The van der Waals surface area contributed by atoms with Crippen molar-refractivity contribution >= 4 is 21.8 Å². The SMILES string of the molecule is CCC(C)(OC)C(=O)NCc1cc(Br)cc2c1OCC2. The molecule has 20 heavy (non-hydrogen) atoms. The number of fused-ring (bicyclic) bond motifs is 1. The molecule has 1 atom stereocenters. The first-order chi connectivity index (χ1) is 9.50. The minimum absolute atomic E-state index is 0.103. The highest BCUT2D eigenvalue weighted by molar-refractivity contribution is 9.10. The van der Waals surface area contributed by atoms with E-state index >= 15 is 0 Å². The number of hydrogen-bond donors (Lipinski definition) is 1. The van der Waals surface area contributed by atoms with E-state index in [4.69, 9.17) is 9.47 Å². The molecular weight excluding hydrogens is 322 g/mol. The number of rotatable bonds is 5. The zero-order valence-corrected chi connectivity index (χ0v) is 13.7. The standard InChI is InChI=1S/C15H20BrNO3/c1-4-15(2,19-3)14(18)17-9-11-8-12(16)7-10-5-6-20-13(10)11/h7-8H,4-6,9H2,1-3H3,(H,17,18). The fraction of sp³-hybridized carbons (Fsp3) is 0.533. The van der Waals surface area contributed by atoms with Gasteiger partial charge in [-0.05, 0) is 31.0 Å². The van der Waals surface area contributed by atoms with Gasteiger partial charge in [-0.2, -0.15) is 0 Å². The van der Waals surface area contributed by atoms with Crippen molar-refractivity contribution in [3.63, 3.8) is 0 Å². The van der Waals surface area contributed by atoms with E-state index in [1.807, 2.05) is 13.0 Å². The molecule has 1 aromatic carbocycles. The quantitative estimate of drug-likeness (QED) is 0.895. The molecule has 1 aliphatic rings. The van der Waals surface area contributed by atoms with Crippen molar-refractivity contribution in [2.45, 2.75) is 38.8 Å². The van der Waals surface area contributed by atoms with Crippen molar-refractivity contribution in [3.05, 3.63) is 27.7 Å². The number of benzene rings is 1. The Hall–Kier alpha value is -1.07. The second-order valence-corrected chi connectivity index (χ2v) is 6.04. The number of nitrogens with one attached hydrogen (secondary N) is 1. The Morgan fingerprint density at radius 2 is 2.30 bits per heavy atom. The van der Waals surface area contributed by atoms with Gasteiger partial charge in [-0.25, -0.2) is 0 Å². The number of halogens is 1. The maximum Gasteiger partial charge on any atom is 0.252 e. The van der Waals surface area contributed by atoms with Crippen LogP contribution in [-0.2, 0) is 22.5 Å². The second kappa shape index (κ2) is 6.14. The molecular formula is C15H20BrNO3. The molecule has 0 aliphatic carbocycles. The molecule has 0 aromatic heterocycles. The van der Waals surface area contributed by atoms with Crippen LogP contribution in [0.15, 0.2) is 16.6 Å². The molecule has 0 saturated carbocycles. The number of amides is 1. The van der Waals surface area contributed by atoms with Gasteiger partial charge in [0.05, 0.1) is 6.61 Å². The van der Waals surface area contributed by atoms with Crippen LogP contribution in [0.2, 0.25) is 0 Å². The summed E-state index contributed by atoms with van der Waals surface area (Å²) in [6.07, 6.45) is 1.54. The first kappa shape index (κ1) is 15.3. The summed E-state index contributed by atoms with van der Waals surface area (Å²) >= 11 is 3.50. The summed E-state index contributed by atoms with van der Waals surface area (Å²) in [4.78, 5) is 12.2. The van der Waals surface area contributed by atoms with Crippen LogP contribution in [0.4, 0.5) is 0 Å². The largest absolute Gasteiger partial charge is 0.493 e. The van der Waals surface area contributed by atoms with Crippen LogP contribution < -0.4 is 10.1 Å². The summed E-state index contributed by atoms with van der Waals surface area (Å²) in [5.41, 5.74) is 1.40. The van der Waals surface area contributed by atoms with Crippen LogP contribution in [0.5, 0.6) is 5.75 Å². The van der Waals surface area contributed by atoms with E-state index < -0.39 is 5.60 Å². The van der Waals surface area contributed by atoms with Crippen LogP contribution in [-0.4, -0.2) is 25.2 Å². The molecule has 110 valence electrons. The molecule has 5 heteroatoms. The fourth-order valence-corrected chi connectivity index (χ4v) is 2.79. The number of carbonyl (C=O) groups excluding carboxylic acids is 1. The molecule has 1 heterocycles. The highest BCUT2D eigenvalue weighted by Gasteiger charge is 2.31. The first-order valence-corrected chi connectivity index (χ1v) is 7.57. The smallest absolute Gasteiger partial charge is 0.252 e. The van der Waals surface area contributed by atoms with E-state index in [2.05, 4.69) is 27.3 Å². The van der Waals surface area contributed by atoms with Gasteiger partial charge in [0.15, 0.2) is 0 Å². The lowest BCUT2D eigenvalue weighted by atomic mass is 10.0. The van der Waals surface area contributed by atoms with Crippen molar-refractivity contribution in [2.75, 3.05) is 13.7 Å². The molecule has 1 unspecified atom stereocenters. The minimum atomic E-state index is -0.782. The number of ether oxygens (including phenoxy) is 2. The van der Waals surface area contributed by atoms with Crippen LogP contribution in [0.1, 0.15) is 31.4 Å². The Morgan fingerprint density at radius 1 is 1.55 bits per heavy atom. The van der Waals surface area contributed by atoms with Crippen LogP contribution in [0, 0.1) is 0 Å². The average molecular weight is 342 g/mol. The van der Waals surface area contributed by atoms with Crippen LogP contribution in [0.3, 0.4) is 0 Å². The van der Waals surface area contributed by atoms with Crippen molar-refractivity contribution in [3.8, 4) is 5.75 Å². The molecule has 1 N–H and O–H groups in total. The third-order valence-electron chi connectivity index (χ3n) is 3.87. The van der Waals surface area contributed by atoms with E-state index in [1.165, 1.54) is 5.56 Å². The fourth-order valence-electron chi connectivity index (χ4n) is 2.24. The van der Waals surface area contributed by atoms with Crippen molar-refractivity contribution in [1.29, 1.82) is 0 Å². The van der Waals surface area contributed by atoms with E-state index in [9.17, 15) is 4.79 Å². The zero-order valence-electron chi connectivity index (χ0n) is 12.1. The third kappa shape index (κ3) is 2.99. The van der Waals surface area contributed by atoms with E-state index in [0.717, 1.165) is 22.2 Å². The molecule has 0 bridgehead atoms. The zero-order chi connectivity index (χ0) is 14.8. The Kier molecular flexibility index (Phi) is 4.70. The number of methoxy groups -OCH3 is 1. The predicted molar refractivity (Wildman–Crippen MR) is 80.9 cm³/mol. The molecule has 1 aliphatic heterocycles. The number of hydrogen-bond acceptors (Lipinski definition) is 3. The lowest BCUT2D eigenvalue weighted by molar-refractivity contribution is -0.142.